The van der Waals surface area contributed by atoms with Crippen LogP contribution in [0.1, 0.15) is 5.56 Å². The van der Waals surface area contributed by atoms with Crippen LogP contribution in [-0.4, -0.2) is 12.1 Å². The summed E-state index contributed by atoms with van der Waals surface area (Å²) in [6.07, 6.45) is 1.76. The van der Waals surface area contributed by atoms with Crippen molar-refractivity contribution in [3.05, 3.63) is 60.3 Å². The van der Waals surface area contributed by atoms with Crippen molar-refractivity contribution in [1.29, 1.82) is 0 Å². The van der Waals surface area contributed by atoms with E-state index < -0.39 is 0 Å². The Hall–Kier alpha value is -2.26. The lowest BCUT2D eigenvalue weighted by molar-refractivity contribution is 0.412. The maximum Gasteiger partial charge on any atom is 0.227 e. The van der Waals surface area contributed by atoms with E-state index in [-0.39, 0.29) is 0 Å². The van der Waals surface area contributed by atoms with Crippen molar-refractivity contribution >= 4 is 22.4 Å². The molecule has 4 heteroatoms. The molecule has 3 nitrogen and oxygen atoms in total. The largest absolute Gasteiger partial charge is 0.497 e. The zero-order chi connectivity index (χ0) is 14.7. The number of ether oxygens (including phenoxy) is 2. The Bertz CT molecular complexity index is 756. The van der Waals surface area contributed by atoms with E-state index in [0.29, 0.717) is 17.5 Å². The van der Waals surface area contributed by atoms with Crippen LogP contribution in [0.15, 0.2) is 54.7 Å². The minimum atomic E-state index is 0.427. The van der Waals surface area contributed by atoms with Crippen LogP contribution < -0.4 is 9.47 Å². The maximum absolute atomic E-state index is 5.96. The van der Waals surface area contributed by atoms with E-state index in [9.17, 15) is 0 Å². The molecule has 2 aromatic carbocycles. The lowest BCUT2D eigenvalue weighted by Crippen LogP contribution is -1.92. The molecule has 3 aromatic rings. The SMILES string of the molecule is COc1ccc(Oc2ncc(CCl)c3ccccc23)cc1. The van der Waals surface area contributed by atoms with E-state index in [1.165, 1.54) is 0 Å². The monoisotopic (exact) mass is 299 g/mol. The summed E-state index contributed by atoms with van der Waals surface area (Å²) in [5, 5.41) is 2.01. The first-order valence-electron chi connectivity index (χ1n) is 6.56. The van der Waals surface area contributed by atoms with Crippen molar-refractivity contribution in [2.75, 3.05) is 7.11 Å². The molecule has 106 valence electrons. The molecule has 3 rings (SSSR count). The van der Waals surface area contributed by atoms with Gasteiger partial charge in [-0.25, -0.2) is 4.98 Å². The summed E-state index contributed by atoms with van der Waals surface area (Å²) in [7, 11) is 1.63. The van der Waals surface area contributed by atoms with Crippen LogP contribution in [-0.2, 0) is 5.88 Å². The van der Waals surface area contributed by atoms with Crippen molar-refractivity contribution in [3.63, 3.8) is 0 Å². The van der Waals surface area contributed by atoms with E-state index in [2.05, 4.69) is 4.98 Å². The summed E-state index contributed by atoms with van der Waals surface area (Å²) in [5.74, 6) is 2.51. The molecule has 21 heavy (non-hydrogen) atoms. The van der Waals surface area contributed by atoms with Crippen LogP contribution in [0.4, 0.5) is 0 Å². The second-order valence-electron chi connectivity index (χ2n) is 4.55. The van der Waals surface area contributed by atoms with E-state index in [1.54, 1.807) is 13.3 Å². The van der Waals surface area contributed by atoms with Gasteiger partial charge in [-0.3, -0.25) is 0 Å². The molecule has 0 aliphatic rings. The second kappa shape index (κ2) is 6.02. The van der Waals surface area contributed by atoms with Gasteiger partial charge in [-0.2, -0.15) is 0 Å². The summed E-state index contributed by atoms with van der Waals surface area (Å²) in [5.41, 5.74) is 0.995. The van der Waals surface area contributed by atoms with Crippen molar-refractivity contribution in [1.82, 2.24) is 4.98 Å². The highest BCUT2D eigenvalue weighted by Gasteiger charge is 2.08. The van der Waals surface area contributed by atoms with Gasteiger partial charge in [0, 0.05) is 17.5 Å². The highest BCUT2D eigenvalue weighted by atomic mass is 35.5. The van der Waals surface area contributed by atoms with Crippen LogP contribution in [0, 0.1) is 0 Å². The molecule has 0 amide bonds. The molecule has 1 aromatic heterocycles. The smallest absolute Gasteiger partial charge is 0.227 e. The molecule has 0 aliphatic heterocycles. The van der Waals surface area contributed by atoms with Crippen LogP contribution in [0.25, 0.3) is 10.8 Å². The van der Waals surface area contributed by atoms with Gasteiger partial charge in [-0.15, -0.1) is 11.6 Å². The number of aromatic nitrogens is 1. The Balaban J connectivity index is 2.00. The molecule has 0 unspecified atom stereocenters. The Kier molecular flexibility index (Phi) is 3.93. The number of alkyl halides is 1. The van der Waals surface area contributed by atoms with Gasteiger partial charge in [0.25, 0.3) is 0 Å². The fourth-order valence-corrected chi connectivity index (χ4v) is 2.38. The molecule has 0 saturated carbocycles. The van der Waals surface area contributed by atoms with Gasteiger partial charge in [0.2, 0.25) is 5.88 Å². The first-order chi connectivity index (χ1) is 10.3. The third kappa shape index (κ3) is 2.78. The van der Waals surface area contributed by atoms with Crippen molar-refractivity contribution in [2.45, 2.75) is 5.88 Å². The average molecular weight is 300 g/mol. The number of hydrogen-bond donors (Lipinski definition) is 0. The summed E-state index contributed by atoms with van der Waals surface area (Å²) in [6, 6.07) is 15.4. The Morgan fingerprint density at radius 3 is 2.29 bits per heavy atom. The van der Waals surface area contributed by atoms with Crippen LogP contribution in [0.5, 0.6) is 17.4 Å². The summed E-state index contributed by atoms with van der Waals surface area (Å²) >= 11 is 5.96. The number of nitrogens with zero attached hydrogens (tertiary/aromatic N) is 1. The number of methoxy groups -OCH3 is 1. The molecule has 0 aliphatic carbocycles. The van der Waals surface area contributed by atoms with E-state index in [1.807, 2.05) is 48.5 Å². The number of halogens is 1. The third-order valence-electron chi connectivity index (χ3n) is 3.26. The van der Waals surface area contributed by atoms with Crippen molar-refractivity contribution in [2.24, 2.45) is 0 Å². The van der Waals surface area contributed by atoms with Gasteiger partial charge in [0.05, 0.1) is 7.11 Å². The fraction of sp³-hybridized carbons (Fsp3) is 0.118. The highest BCUT2D eigenvalue weighted by Crippen LogP contribution is 2.30. The lowest BCUT2D eigenvalue weighted by Gasteiger charge is -2.10. The Morgan fingerprint density at radius 2 is 1.62 bits per heavy atom. The summed E-state index contributed by atoms with van der Waals surface area (Å²) < 4.78 is 11.0. The van der Waals surface area contributed by atoms with Gasteiger partial charge >= 0.3 is 0 Å². The first-order valence-corrected chi connectivity index (χ1v) is 7.10. The minimum absolute atomic E-state index is 0.427. The zero-order valence-electron chi connectivity index (χ0n) is 11.5. The Labute approximate surface area is 128 Å². The van der Waals surface area contributed by atoms with Crippen LogP contribution >= 0.6 is 11.6 Å². The second-order valence-corrected chi connectivity index (χ2v) is 4.81. The first kappa shape index (κ1) is 13.7. The number of pyridine rings is 1. The quantitative estimate of drug-likeness (QED) is 0.650. The van der Waals surface area contributed by atoms with Gasteiger partial charge in [0.15, 0.2) is 0 Å². The predicted octanol–water partition coefficient (Wildman–Crippen LogP) is 4.77. The van der Waals surface area contributed by atoms with E-state index in [0.717, 1.165) is 22.1 Å². The normalized spacial score (nSPS) is 10.6. The molecule has 0 fully saturated rings. The predicted molar refractivity (Wildman–Crippen MR) is 84.4 cm³/mol. The molecule has 0 radical (unpaired) electrons. The third-order valence-corrected chi connectivity index (χ3v) is 3.55. The van der Waals surface area contributed by atoms with Crippen molar-refractivity contribution < 1.29 is 9.47 Å². The molecule has 0 spiro atoms. The van der Waals surface area contributed by atoms with Crippen molar-refractivity contribution in [3.8, 4) is 17.4 Å². The molecular weight excluding hydrogens is 286 g/mol. The van der Waals surface area contributed by atoms with Crippen LogP contribution in [0.3, 0.4) is 0 Å². The standard InChI is InChI=1S/C17H14ClNO2/c1-20-13-6-8-14(9-7-13)21-17-16-5-3-2-4-15(16)12(10-18)11-19-17/h2-9,11H,10H2,1H3. The van der Waals surface area contributed by atoms with Gasteiger partial charge < -0.3 is 9.47 Å². The number of benzene rings is 2. The number of fused-ring (bicyclic) bond motifs is 1. The lowest BCUT2D eigenvalue weighted by atomic mass is 10.1. The summed E-state index contributed by atoms with van der Waals surface area (Å²) in [4.78, 5) is 4.38. The molecule has 0 N–H and O–H groups in total. The maximum atomic E-state index is 5.96. The minimum Gasteiger partial charge on any atom is -0.497 e. The average Bonchev–Trinajstić information content (AvgIpc) is 2.56. The number of rotatable bonds is 4. The zero-order valence-corrected chi connectivity index (χ0v) is 12.3. The molecule has 1 heterocycles. The van der Waals surface area contributed by atoms with Gasteiger partial charge in [0.1, 0.15) is 11.5 Å². The summed E-state index contributed by atoms with van der Waals surface area (Å²) in [6.45, 7) is 0. The van der Waals surface area contributed by atoms with E-state index >= 15 is 0 Å². The molecule has 0 atom stereocenters. The van der Waals surface area contributed by atoms with Gasteiger partial charge in [-0.1, -0.05) is 18.2 Å². The van der Waals surface area contributed by atoms with Crippen LogP contribution in [0.2, 0.25) is 0 Å². The molecule has 0 bridgehead atoms. The van der Waals surface area contributed by atoms with E-state index in [4.69, 9.17) is 21.1 Å². The fourth-order valence-electron chi connectivity index (χ4n) is 2.17. The molecule has 0 saturated heterocycles. The molecular formula is C17H14ClNO2. The number of hydrogen-bond acceptors (Lipinski definition) is 3. The highest BCUT2D eigenvalue weighted by molar-refractivity contribution is 6.18. The van der Waals surface area contributed by atoms with Gasteiger partial charge in [-0.05, 0) is 41.3 Å². The Morgan fingerprint density at radius 1 is 0.952 bits per heavy atom. The topological polar surface area (TPSA) is 31.4 Å².